The van der Waals surface area contributed by atoms with Crippen molar-refractivity contribution in [2.45, 2.75) is 6.29 Å². The second-order valence-corrected chi connectivity index (χ2v) is 5.43. The number of halogens is 3. The Hall–Kier alpha value is -1.77. The summed E-state index contributed by atoms with van der Waals surface area (Å²) in [5, 5.41) is 3.05. The van der Waals surface area contributed by atoms with E-state index in [2.05, 4.69) is 37.4 Å². The normalized spacial score (nSPS) is 15.2. The quantitative estimate of drug-likeness (QED) is 0.603. The number of anilines is 3. The van der Waals surface area contributed by atoms with E-state index in [-0.39, 0.29) is 11.5 Å². The molecule has 0 spiro atoms. The lowest BCUT2D eigenvalue weighted by atomic mass is 10.2. The largest absolute Gasteiger partial charge is 0.586 e. The van der Waals surface area contributed by atoms with Crippen LogP contribution in [0.25, 0.3) is 0 Å². The highest BCUT2D eigenvalue weighted by Crippen LogP contribution is 2.42. The summed E-state index contributed by atoms with van der Waals surface area (Å²) in [5.74, 6) is 0.000199. The number of alkyl halides is 2. The van der Waals surface area contributed by atoms with Gasteiger partial charge in [0, 0.05) is 15.3 Å². The number of hydrogen-bond acceptors (Lipinski definition) is 4. The molecule has 20 heavy (non-hydrogen) atoms. The highest BCUT2D eigenvalue weighted by Gasteiger charge is 2.43. The average molecular weight is 390 g/mol. The second kappa shape index (κ2) is 4.65. The Bertz CT molecular complexity index is 679. The van der Waals surface area contributed by atoms with E-state index in [0.29, 0.717) is 17.1 Å². The van der Waals surface area contributed by atoms with Crippen LogP contribution in [0.15, 0.2) is 36.4 Å². The third kappa shape index (κ3) is 2.58. The third-order valence-corrected chi connectivity index (χ3v) is 3.36. The minimum Gasteiger partial charge on any atom is -0.397 e. The molecule has 1 aliphatic rings. The Morgan fingerprint density at radius 2 is 1.80 bits per heavy atom. The van der Waals surface area contributed by atoms with E-state index in [1.807, 2.05) is 18.2 Å². The molecule has 0 bridgehead atoms. The van der Waals surface area contributed by atoms with Crippen LogP contribution >= 0.6 is 22.6 Å². The van der Waals surface area contributed by atoms with Crippen LogP contribution in [0.4, 0.5) is 25.8 Å². The summed E-state index contributed by atoms with van der Waals surface area (Å²) in [4.78, 5) is 0. The van der Waals surface area contributed by atoms with Crippen molar-refractivity contribution in [1.82, 2.24) is 0 Å². The molecule has 104 valence electrons. The van der Waals surface area contributed by atoms with E-state index >= 15 is 0 Å². The van der Waals surface area contributed by atoms with E-state index < -0.39 is 6.29 Å². The maximum absolute atomic E-state index is 12.9. The van der Waals surface area contributed by atoms with Crippen LogP contribution in [-0.2, 0) is 0 Å². The van der Waals surface area contributed by atoms with Gasteiger partial charge in [-0.3, -0.25) is 0 Å². The minimum absolute atomic E-state index is 0.0101. The van der Waals surface area contributed by atoms with Gasteiger partial charge in [-0.1, -0.05) is 0 Å². The van der Waals surface area contributed by atoms with Crippen molar-refractivity contribution in [2.75, 3.05) is 11.1 Å². The molecular formula is C13H9F2IN2O2. The maximum Gasteiger partial charge on any atom is 0.586 e. The fraction of sp³-hybridized carbons (Fsp3) is 0.0769. The maximum atomic E-state index is 12.9. The topological polar surface area (TPSA) is 56.5 Å². The number of nitrogen functional groups attached to an aromatic ring is 1. The van der Waals surface area contributed by atoms with Crippen molar-refractivity contribution in [3.63, 3.8) is 0 Å². The molecule has 1 heterocycles. The summed E-state index contributed by atoms with van der Waals surface area (Å²) in [5.41, 5.74) is 7.72. The van der Waals surface area contributed by atoms with Gasteiger partial charge in [0.25, 0.3) is 0 Å². The molecule has 0 unspecified atom stereocenters. The van der Waals surface area contributed by atoms with Gasteiger partial charge in [-0.2, -0.15) is 0 Å². The lowest BCUT2D eigenvalue weighted by Crippen LogP contribution is -2.25. The molecule has 3 rings (SSSR count). The summed E-state index contributed by atoms with van der Waals surface area (Å²) in [7, 11) is 0. The fourth-order valence-corrected chi connectivity index (χ4v) is 2.34. The number of nitrogens with one attached hydrogen (secondary N) is 1. The van der Waals surface area contributed by atoms with Crippen LogP contribution in [0.5, 0.6) is 11.5 Å². The molecule has 0 saturated heterocycles. The Morgan fingerprint density at radius 1 is 1.05 bits per heavy atom. The molecule has 0 amide bonds. The zero-order valence-electron chi connectivity index (χ0n) is 9.99. The van der Waals surface area contributed by atoms with Crippen molar-refractivity contribution < 1.29 is 18.3 Å². The summed E-state index contributed by atoms with van der Waals surface area (Å²) in [6.45, 7) is 0. The molecule has 0 saturated carbocycles. The lowest BCUT2D eigenvalue weighted by molar-refractivity contribution is -0.286. The van der Waals surface area contributed by atoms with E-state index in [4.69, 9.17) is 5.73 Å². The van der Waals surface area contributed by atoms with E-state index in [1.54, 1.807) is 6.07 Å². The zero-order chi connectivity index (χ0) is 14.3. The molecule has 7 heteroatoms. The Labute approximate surface area is 127 Å². The average Bonchev–Trinajstić information content (AvgIpc) is 2.66. The van der Waals surface area contributed by atoms with Gasteiger partial charge in [0.15, 0.2) is 11.5 Å². The van der Waals surface area contributed by atoms with Gasteiger partial charge in [-0.25, -0.2) is 0 Å². The molecule has 1 aliphatic heterocycles. The predicted octanol–water partition coefficient (Wildman–Crippen LogP) is 3.94. The summed E-state index contributed by atoms with van der Waals surface area (Å²) >= 11 is 2.15. The first kappa shape index (κ1) is 13.2. The molecular weight excluding hydrogens is 381 g/mol. The first-order chi connectivity index (χ1) is 9.43. The summed E-state index contributed by atoms with van der Waals surface area (Å²) in [6, 6.07) is 9.98. The Balaban J connectivity index is 1.86. The fourth-order valence-electron chi connectivity index (χ4n) is 1.83. The van der Waals surface area contributed by atoms with Crippen LogP contribution in [0.1, 0.15) is 0 Å². The number of rotatable bonds is 2. The Kier molecular flexibility index (Phi) is 3.08. The molecule has 0 radical (unpaired) electrons. The van der Waals surface area contributed by atoms with Crippen molar-refractivity contribution in [3.05, 3.63) is 40.0 Å². The minimum atomic E-state index is -3.61. The third-order valence-electron chi connectivity index (χ3n) is 2.69. The smallest absolute Gasteiger partial charge is 0.397 e. The van der Waals surface area contributed by atoms with Crippen LogP contribution in [-0.4, -0.2) is 6.29 Å². The van der Waals surface area contributed by atoms with Crippen LogP contribution in [0, 0.1) is 3.57 Å². The van der Waals surface area contributed by atoms with Crippen LogP contribution in [0.2, 0.25) is 0 Å². The van der Waals surface area contributed by atoms with E-state index in [1.165, 1.54) is 12.1 Å². The number of hydrogen-bond donors (Lipinski definition) is 2. The summed E-state index contributed by atoms with van der Waals surface area (Å²) in [6.07, 6.45) is -3.61. The highest BCUT2D eigenvalue weighted by molar-refractivity contribution is 14.1. The molecule has 3 N–H and O–H groups in total. The van der Waals surface area contributed by atoms with Crippen molar-refractivity contribution in [3.8, 4) is 11.5 Å². The van der Waals surface area contributed by atoms with Crippen molar-refractivity contribution in [1.29, 1.82) is 0 Å². The van der Waals surface area contributed by atoms with E-state index in [9.17, 15) is 8.78 Å². The molecule has 2 aromatic carbocycles. The van der Waals surface area contributed by atoms with Gasteiger partial charge in [0.2, 0.25) is 0 Å². The second-order valence-electron chi connectivity index (χ2n) is 4.19. The lowest BCUT2D eigenvalue weighted by Gasteiger charge is -2.10. The summed E-state index contributed by atoms with van der Waals surface area (Å²) < 4.78 is 35.6. The highest BCUT2D eigenvalue weighted by atomic mass is 127. The number of ether oxygens (including phenoxy) is 2. The van der Waals surface area contributed by atoms with Crippen LogP contribution in [0.3, 0.4) is 0 Å². The van der Waals surface area contributed by atoms with Gasteiger partial charge >= 0.3 is 6.29 Å². The monoisotopic (exact) mass is 390 g/mol. The SMILES string of the molecule is Nc1cc(I)ccc1Nc1ccc2c(c1)OC(F)(F)O2. The van der Waals surface area contributed by atoms with Gasteiger partial charge in [0.1, 0.15) is 0 Å². The number of nitrogens with two attached hydrogens (primary N) is 1. The molecule has 0 atom stereocenters. The van der Waals surface area contributed by atoms with Gasteiger partial charge in [0.05, 0.1) is 11.4 Å². The van der Waals surface area contributed by atoms with E-state index in [0.717, 1.165) is 3.57 Å². The molecule has 2 aromatic rings. The molecule has 0 aliphatic carbocycles. The number of benzene rings is 2. The molecule has 4 nitrogen and oxygen atoms in total. The van der Waals surface area contributed by atoms with Crippen LogP contribution < -0.4 is 20.5 Å². The zero-order valence-corrected chi connectivity index (χ0v) is 12.1. The van der Waals surface area contributed by atoms with Crippen molar-refractivity contribution >= 4 is 39.7 Å². The Morgan fingerprint density at radius 3 is 2.55 bits per heavy atom. The predicted molar refractivity (Wildman–Crippen MR) is 79.5 cm³/mol. The number of fused-ring (bicyclic) bond motifs is 1. The first-order valence-electron chi connectivity index (χ1n) is 5.65. The van der Waals surface area contributed by atoms with Crippen molar-refractivity contribution in [2.24, 2.45) is 0 Å². The van der Waals surface area contributed by atoms with Gasteiger partial charge in [-0.15, -0.1) is 8.78 Å². The standard InChI is InChI=1S/C13H9F2IN2O2/c14-13(15)19-11-4-2-8(6-12(11)20-13)18-10-3-1-7(16)5-9(10)17/h1-6,18H,17H2. The van der Waals surface area contributed by atoms with Gasteiger partial charge in [-0.05, 0) is 52.9 Å². The molecule has 0 aromatic heterocycles. The first-order valence-corrected chi connectivity index (χ1v) is 6.73. The molecule has 0 fully saturated rings. The van der Waals surface area contributed by atoms with Gasteiger partial charge < -0.3 is 20.5 Å².